The van der Waals surface area contributed by atoms with Crippen molar-refractivity contribution >= 4 is 0 Å². The van der Waals surface area contributed by atoms with Gasteiger partial charge in [0, 0.05) is 35.1 Å². The van der Waals surface area contributed by atoms with E-state index in [4.69, 9.17) is 10.2 Å². The maximum absolute atomic E-state index is 4.88. The van der Waals surface area contributed by atoms with Crippen LogP contribution < -0.4 is 0 Å². The first-order chi connectivity index (χ1) is 20.8. The van der Waals surface area contributed by atoms with Crippen LogP contribution in [0, 0.1) is 0 Å². The van der Waals surface area contributed by atoms with Crippen molar-refractivity contribution in [2.45, 2.75) is 12.8 Å². The fraction of sp³-hybridized carbons (Fsp3) is 0.0526. The van der Waals surface area contributed by atoms with Gasteiger partial charge >= 0.3 is 0 Å². The Morgan fingerprint density at radius 1 is 0.381 bits per heavy atom. The highest BCUT2D eigenvalue weighted by atomic mass is 15.1. The normalized spacial score (nSPS) is 11.0. The van der Waals surface area contributed by atoms with Crippen molar-refractivity contribution in [3.05, 3.63) is 168 Å². The van der Waals surface area contributed by atoms with Crippen molar-refractivity contribution < 1.29 is 0 Å². The summed E-state index contributed by atoms with van der Waals surface area (Å²) in [6.07, 6.45) is 1.56. The Bertz CT molecular complexity index is 1770. The molecule has 0 radical (unpaired) electrons. The molecule has 4 heteroatoms. The minimum absolute atomic E-state index is 0.779. The van der Waals surface area contributed by atoms with E-state index in [1.54, 1.807) is 0 Å². The van der Waals surface area contributed by atoms with E-state index in [1.165, 1.54) is 22.3 Å². The molecule has 0 unspecified atom stereocenters. The van der Waals surface area contributed by atoms with Crippen LogP contribution in [0.3, 0.4) is 0 Å². The molecule has 0 bridgehead atoms. The molecular formula is C38H30N4. The SMILES string of the molecule is c1ccc(Cc2c(-c3cccc(-c4n[nH]c(-c5ccccc5)c4Cc4ccccc4)c3)n[nH]c2-c2ccccc2)cc1. The van der Waals surface area contributed by atoms with Crippen LogP contribution in [0.5, 0.6) is 0 Å². The second-order valence-electron chi connectivity index (χ2n) is 10.5. The molecule has 0 spiro atoms. The van der Waals surface area contributed by atoms with Gasteiger partial charge in [-0.05, 0) is 28.3 Å². The lowest BCUT2D eigenvalue weighted by atomic mass is 9.93. The zero-order valence-electron chi connectivity index (χ0n) is 23.2. The molecule has 2 N–H and O–H groups in total. The van der Waals surface area contributed by atoms with Crippen LogP contribution in [0.25, 0.3) is 45.0 Å². The van der Waals surface area contributed by atoms with Crippen LogP contribution in [0.2, 0.25) is 0 Å². The van der Waals surface area contributed by atoms with Crippen molar-refractivity contribution in [2.75, 3.05) is 0 Å². The zero-order chi connectivity index (χ0) is 28.1. The van der Waals surface area contributed by atoms with E-state index in [-0.39, 0.29) is 0 Å². The highest BCUT2D eigenvalue weighted by molar-refractivity contribution is 5.80. The summed E-state index contributed by atoms with van der Waals surface area (Å²) in [6.45, 7) is 0. The Kier molecular flexibility index (Phi) is 7.01. The van der Waals surface area contributed by atoms with Crippen LogP contribution in [-0.2, 0) is 12.8 Å². The van der Waals surface area contributed by atoms with Gasteiger partial charge < -0.3 is 0 Å². The highest BCUT2D eigenvalue weighted by Crippen LogP contribution is 2.36. The second-order valence-corrected chi connectivity index (χ2v) is 10.5. The summed E-state index contributed by atoms with van der Waals surface area (Å²) in [7, 11) is 0. The first kappa shape index (κ1) is 25.5. The molecule has 4 nitrogen and oxygen atoms in total. The molecule has 202 valence electrons. The molecule has 42 heavy (non-hydrogen) atoms. The fourth-order valence-electron chi connectivity index (χ4n) is 5.65. The number of aromatic nitrogens is 4. The van der Waals surface area contributed by atoms with Crippen molar-refractivity contribution in [3.8, 4) is 45.0 Å². The lowest BCUT2D eigenvalue weighted by Crippen LogP contribution is -1.94. The highest BCUT2D eigenvalue weighted by Gasteiger charge is 2.20. The van der Waals surface area contributed by atoms with Gasteiger partial charge in [0.15, 0.2) is 0 Å². The Morgan fingerprint density at radius 3 is 1.14 bits per heavy atom. The Morgan fingerprint density at radius 2 is 0.738 bits per heavy atom. The molecule has 5 aromatic carbocycles. The van der Waals surface area contributed by atoms with E-state index < -0.39 is 0 Å². The van der Waals surface area contributed by atoms with Crippen LogP contribution in [-0.4, -0.2) is 20.4 Å². The number of nitrogens with one attached hydrogen (secondary N) is 2. The minimum Gasteiger partial charge on any atom is -0.277 e. The van der Waals surface area contributed by atoms with Gasteiger partial charge in [0.05, 0.1) is 22.8 Å². The topological polar surface area (TPSA) is 57.4 Å². The summed E-state index contributed by atoms with van der Waals surface area (Å²) in [6, 6.07) is 50.7. The lowest BCUT2D eigenvalue weighted by molar-refractivity contribution is 1.10. The van der Waals surface area contributed by atoms with E-state index in [9.17, 15) is 0 Å². The first-order valence-electron chi connectivity index (χ1n) is 14.3. The Hall–Kier alpha value is -5.48. The first-order valence-corrected chi connectivity index (χ1v) is 14.3. The summed E-state index contributed by atoms with van der Waals surface area (Å²) < 4.78 is 0. The van der Waals surface area contributed by atoms with E-state index in [2.05, 4.69) is 144 Å². The number of H-pyrrole nitrogens is 2. The monoisotopic (exact) mass is 542 g/mol. The molecule has 0 amide bonds. The maximum Gasteiger partial charge on any atom is 0.0962 e. The fourth-order valence-corrected chi connectivity index (χ4v) is 5.65. The van der Waals surface area contributed by atoms with Gasteiger partial charge in [-0.25, -0.2) is 0 Å². The third-order valence-corrected chi connectivity index (χ3v) is 7.72. The van der Waals surface area contributed by atoms with Crippen LogP contribution >= 0.6 is 0 Å². The van der Waals surface area contributed by atoms with Gasteiger partial charge in [0.1, 0.15) is 0 Å². The molecule has 0 saturated heterocycles. The average Bonchev–Trinajstić information content (AvgIpc) is 3.67. The predicted molar refractivity (Wildman–Crippen MR) is 171 cm³/mol. The third kappa shape index (κ3) is 5.18. The van der Waals surface area contributed by atoms with E-state index in [0.29, 0.717) is 0 Å². The standard InChI is InChI=1S/C38H30N4/c1-5-14-27(15-6-1)24-33-35(29-18-9-3-10-19-29)39-41-37(33)31-22-13-23-32(26-31)38-34(25-28-16-7-2-8-17-28)36(40-42-38)30-20-11-4-12-21-30/h1-23,26H,24-25H2,(H,39,41)(H,40,42). The molecule has 7 aromatic rings. The number of hydrogen-bond donors (Lipinski definition) is 2. The van der Waals surface area contributed by atoms with Crippen LogP contribution in [0.1, 0.15) is 22.3 Å². The predicted octanol–water partition coefficient (Wildman–Crippen LogP) is 8.98. The van der Waals surface area contributed by atoms with Gasteiger partial charge in [0.2, 0.25) is 0 Å². The van der Waals surface area contributed by atoms with Crippen LogP contribution in [0.4, 0.5) is 0 Å². The van der Waals surface area contributed by atoms with Crippen molar-refractivity contribution in [2.24, 2.45) is 0 Å². The van der Waals surface area contributed by atoms with E-state index in [1.807, 2.05) is 12.1 Å². The Balaban J connectivity index is 1.34. The van der Waals surface area contributed by atoms with Gasteiger partial charge in [-0.15, -0.1) is 0 Å². The molecule has 2 heterocycles. The number of rotatable bonds is 8. The van der Waals surface area contributed by atoms with Crippen molar-refractivity contribution in [3.63, 3.8) is 0 Å². The maximum atomic E-state index is 4.88. The molecule has 0 atom stereocenters. The van der Waals surface area contributed by atoms with Gasteiger partial charge in [-0.2, -0.15) is 10.2 Å². The zero-order valence-corrected chi connectivity index (χ0v) is 23.2. The molecule has 0 fully saturated rings. The molecule has 0 saturated carbocycles. The number of nitrogens with zero attached hydrogens (tertiary/aromatic N) is 2. The summed E-state index contributed by atoms with van der Waals surface area (Å²) in [4.78, 5) is 0. The van der Waals surface area contributed by atoms with E-state index >= 15 is 0 Å². The third-order valence-electron chi connectivity index (χ3n) is 7.72. The van der Waals surface area contributed by atoms with E-state index in [0.717, 1.165) is 57.9 Å². The minimum atomic E-state index is 0.779. The summed E-state index contributed by atoms with van der Waals surface area (Å²) in [5.74, 6) is 0. The quantitative estimate of drug-likeness (QED) is 0.201. The molecule has 0 aliphatic carbocycles. The van der Waals surface area contributed by atoms with Crippen LogP contribution in [0.15, 0.2) is 146 Å². The van der Waals surface area contributed by atoms with Gasteiger partial charge in [-0.3, -0.25) is 10.2 Å². The molecule has 0 aliphatic heterocycles. The second kappa shape index (κ2) is 11.6. The molecule has 0 aliphatic rings. The average molecular weight is 543 g/mol. The largest absolute Gasteiger partial charge is 0.277 e. The van der Waals surface area contributed by atoms with Gasteiger partial charge in [-0.1, -0.05) is 140 Å². The summed E-state index contributed by atoms with van der Waals surface area (Å²) in [5.41, 5.74) is 13.3. The smallest absolute Gasteiger partial charge is 0.0962 e. The molecule has 7 rings (SSSR count). The molecular weight excluding hydrogens is 512 g/mol. The van der Waals surface area contributed by atoms with Crippen molar-refractivity contribution in [1.82, 2.24) is 20.4 Å². The van der Waals surface area contributed by atoms with Crippen molar-refractivity contribution in [1.29, 1.82) is 0 Å². The van der Waals surface area contributed by atoms with Gasteiger partial charge in [0.25, 0.3) is 0 Å². The number of hydrogen-bond acceptors (Lipinski definition) is 2. The summed E-state index contributed by atoms with van der Waals surface area (Å²) >= 11 is 0. The Labute approximate surface area is 245 Å². The number of benzene rings is 5. The molecule has 2 aromatic heterocycles. The number of aromatic amines is 2. The summed E-state index contributed by atoms with van der Waals surface area (Å²) in [5, 5.41) is 16.5. The lowest BCUT2D eigenvalue weighted by Gasteiger charge is -2.10.